The number of amides is 1. The molecule has 1 heterocycles. The van der Waals surface area contributed by atoms with Crippen molar-refractivity contribution >= 4 is 27.8 Å². The smallest absolute Gasteiger partial charge is 0.326 e. The summed E-state index contributed by atoms with van der Waals surface area (Å²) in [5.41, 5.74) is 1.41. The number of likely N-dealkylation sites (tertiary alicyclic amines) is 1. The number of carboxylic acids is 1. The SMILES string of the molecule is Cc1ccc(C(=O)N2CC(O)CC2C(=O)O)cc1Br. The zero-order valence-corrected chi connectivity index (χ0v) is 11.9. The lowest BCUT2D eigenvalue weighted by molar-refractivity contribution is -0.141. The van der Waals surface area contributed by atoms with Crippen molar-refractivity contribution in [2.45, 2.75) is 25.5 Å². The number of halogens is 1. The third-order valence-electron chi connectivity index (χ3n) is 3.24. The molecule has 0 spiro atoms. The topological polar surface area (TPSA) is 77.8 Å². The first-order valence-corrected chi connectivity index (χ1v) is 6.67. The number of aliphatic carboxylic acids is 1. The van der Waals surface area contributed by atoms with E-state index in [-0.39, 0.29) is 18.9 Å². The summed E-state index contributed by atoms with van der Waals surface area (Å²) in [7, 11) is 0. The van der Waals surface area contributed by atoms with Crippen LogP contribution < -0.4 is 0 Å². The number of hydrogen-bond donors (Lipinski definition) is 2. The second-order valence-corrected chi connectivity index (χ2v) is 5.52. The Labute approximate surface area is 119 Å². The molecule has 1 aromatic carbocycles. The zero-order chi connectivity index (χ0) is 14.2. The monoisotopic (exact) mass is 327 g/mol. The number of nitrogens with zero attached hydrogens (tertiary/aromatic N) is 1. The van der Waals surface area contributed by atoms with E-state index in [9.17, 15) is 14.7 Å². The van der Waals surface area contributed by atoms with Crippen molar-refractivity contribution < 1.29 is 19.8 Å². The van der Waals surface area contributed by atoms with Gasteiger partial charge in [0.15, 0.2) is 0 Å². The Morgan fingerprint density at radius 1 is 1.42 bits per heavy atom. The number of hydrogen-bond acceptors (Lipinski definition) is 3. The molecular formula is C13H14BrNO4. The predicted octanol–water partition coefficient (Wildman–Crippen LogP) is 1.42. The maximum Gasteiger partial charge on any atom is 0.326 e. The van der Waals surface area contributed by atoms with E-state index in [4.69, 9.17) is 5.11 Å². The Morgan fingerprint density at radius 2 is 2.11 bits per heavy atom. The normalized spacial score (nSPS) is 22.6. The van der Waals surface area contributed by atoms with E-state index in [1.54, 1.807) is 18.2 Å². The van der Waals surface area contributed by atoms with Gasteiger partial charge in [0.2, 0.25) is 0 Å². The highest BCUT2D eigenvalue weighted by molar-refractivity contribution is 9.10. The summed E-state index contributed by atoms with van der Waals surface area (Å²) in [4.78, 5) is 24.6. The van der Waals surface area contributed by atoms with Gasteiger partial charge >= 0.3 is 5.97 Å². The average Bonchev–Trinajstić information content (AvgIpc) is 2.74. The Bertz CT molecular complexity index is 531. The van der Waals surface area contributed by atoms with Crippen molar-refractivity contribution in [1.82, 2.24) is 4.90 Å². The van der Waals surface area contributed by atoms with Gasteiger partial charge in [-0.05, 0) is 24.6 Å². The predicted molar refractivity (Wildman–Crippen MR) is 72.0 cm³/mol. The van der Waals surface area contributed by atoms with E-state index in [1.807, 2.05) is 6.92 Å². The van der Waals surface area contributed by atoms with Gasteiger partial charge in [-0.1, -0.05) is 22.0 Å². The number of rotatable bonds is 2. The van der Waals surface area contributed by atoms with Gasteiger partial charge in [0, 0.05) is 23.0 Å². The Morgan fingerprint density at radius 3 is 2.68 bits per heavy atom. The quantitative estimate of drug-likeness (QED) is 0.861. The minimum atomic E-state index is -1.09. The molecule has 2 atom stereocenters. The van der Waals surface area contributed by atoms with Crippen LogP contribution in [0.1, 0.15) is 22.3 Å². The van der Waals surface area contributed by atoms with Gasteiger partial charge in [0.05, 0.1) is 6.10 Å². The van der Waals surface area contributed by atoms with Crippen molar-refractivity contribution in [3.63, 3.8) is 0 Å². The van der Waals surface area contributed by atoms with Gasteiger partial charge in [-0.25, -0.2) is 4.79 Å². The van der Waals surface area contributed by atoms with Crippen LogP contribution in [-0.2, 0) is 4.79 Å². The Balaban J connectivity index is 2.27. The van der Waals surface area contributed by atoms with Crippen molar-refractivity contribution in [3.8, 4) is 0 Å². The summed E-state index contributed by atoms with van der Waals surface area (Å²) in [5, 5.41) is 18.6. The number of β-amino-alcohol motifs (C(OH)–C–C–N with tert-alkyl or cyclic N) is 1. The van der Waals surface area contributed by atoms with E-state index < -0.39 is 18.1 Å². The third-order valence-corrected chi connectivity index (χ3v) is 4.10. The van der Waals surface area contributed by atoms with Gasteiger partial charge < -0.3 is 15.1 Å². The highest BCUT2D eigenvalue weighted by Gasteiger charge is 2.39. The van der Waals surface area contributed by atoms with E-state index in [0.29, 0.717) is 5.56 Å². The standard InChI is InChI=1S/C13H14BrNO4/c1-7-2-3-8(4-10(7)14)12(17)15-6-9(16)5-11(15)13(18)19/h2-4,9,11,16H,5-6H2,1H3,(H,18,19). The van der Waals surface area contributed by atoms with Gasteiger partial charge in [-0.3, -0.25) is 4.79 Å². The van der Waals surface area contributed by atoms with E-state index in [0.717, 1.165) is 10.0 Å². The molecule has 2 unspecified atom stereocenters. The van der Waals surface area contributed by atoms with Crippen LogP contribution in [0.2, 0.25) is 0 Å². The first kappa shape index (κ1) is 14.0. The molecule has 0 radical (unpaired) electrons. The second kappa shape index (κ2) is 5.30. The van der Waals surface area contributed by atoms with Crippen molar-refractivity contribution in [1.29, 1.82) is 0 Å². The third kappa shape index (κ3) is 2.79. The molecule has 102 valence electrons. The number of benzene rings is 1. The van der Waals surface area contributed by atoms with Crippen molar-refractivity contribution in [3.05, 3.63) is 33.8 Å². The molecule has 2 rings (SSSR count). The molecule has 0 aliphatic carbocycles. The van der Waals surface area contributed by atoms with E-state index in [2.05, 4.69) is 15.9 Å². The van der Waals surface area contributed by atoms with Gasteiger partial charge in [0.25, 0.3) is 5.91 Å². The van der Waals surface area contributed by atoms with Crippen molar-refractivity contribution in [2.75, 3.05) is 6.54 Å². The lowest BCUT2D eigenvalue weighted by Crippen LogP contribution is -2.40. The number of carboxylic acid groups (broad SMARTS) is 1. The number of carbonyl (C=O) groups excluding carboxylic acids is 1. The molecule has 0 bridgehead atoms. The Kier molecular flexibility index (Phi) is 3.91. The Hall–Kier alpha value is -1.40. The van der Waals surface area contributed by atoms with Crippen LogP contribution in [0.4, 0.5) is 0 Å². The molecule has 5 nitrogen and oxygen atoms in total. The fraction of sp³-hybridized carbons (Fsp3) is 0.385. The summed E-state index contributed by atoms with van der Waals surface area (Å²) in [6.07, 6.45) is -0.701. The molecular weight excluding hydrogens is 314 g/mol. The van der Waals surface area contributed by atoms with E-state index >= 15 is 0 Å². The number of aliphatic hydroxyl groups excluding tert-OH is 1. The highest BCUT2D eigenvalue weighted by atomic mass is 79.9. The van der Waals surface area contributed by atoms with Crippen LogP contribution in [0.25, 0.3) is 0 Å². The fourth-order valence-electron chi connectivity index (χ4n) is 2.16. The first-order valence-electron chi connectivity index (χ1n) is 5.88. The minimum absolute atomic E-state index is 0.0568. The van der Waals surface area contributed by atoms with Crippen LogP contribution in [-0.4, -0.2) is 45.7 Å². The molecule has 0 aromatic heterocycles. The molecule has 2 N–H and O–H groups in total. The number of aliphatic hydroxyl groups is 1. The molecule has 1 saturated heterocycles. The summed E-state index contributed by atoms with van der Waals surface area (Å²) >= 11 is 3.34. The summed E-state index contributed by atoms with van der Waals surface area (Å²) in [5.74, 6) is -1.46. The van der Waals surface area contributed by atoms with Gasteiger partial charge in [-0.15, -0.1) is 0 Å². The minimum Gasteiger partial charge on any atom is -0.480 e. The molecule has 1 aliphatic rings. The van der Waals surface area contributed by atoms with Gasteiger partial charge in [0.1, 0.15) is 6.04 Å². The molecule has 6 heteroatoms. The maximum absolute atomic E-state index is 12.3. The van der Waals surface area contributed by atoms with Crippen LogP contribution in [0.5, 0.6) is 0 Å². The second-order valence-electron chi connectivity index (χ2n) is 4.67. The molecule has 19 heavy (non-hydrogen) atoms. The average molecular weight is 328 g/mol. The molecule has 1 amide bonds. The summed E-state index contributed by atoms with van der Waals surface area (Å²) in [6.45, 7) is 1.96. The van der Waals surface area contributed by atoms with Gasteiger partial charge in [-0.2, -0.15) is 0 Å². The zero-order valence-electron chi connectivity index (χ0n) is 10.3. The summed E-state index contributed by atoms with van der Waals surface area (Å²) < 4.78 is 0.796. The number of aryl methyl sites for hydroxylation is 1. The van der Waals surface area contributed by atoms with Crippen LogP contribution >= 0.6 is 15.9 Å². The largest absolute Gasteiger partial charge is 0.480 e. The highest BCUT2D eigenvalue weighted by Crippen LogP contribution is 2.23. The first-order chi connectivity index (χ1) is 8.90. The molecule has 1 aliphatic heterocycles. The lowest BCUT2D eigenvalue weighted by atomic mass is 10.1. The van der Waals surface area contributed by atoms with Crippen LogP contribution in [0.15, 0.2) is 22.7 Å². The molecule has 1 fully saturated rings. The van der Waals surface area contributed by atoms with E-state index in [1.165, 1.54) is 4.90 Å². The van der Waals surface area contributed by atoms with Crippen molar-refractivity contribution in [2.24, 2.45) is 0 Å². The maximum atomic E-state index is 12.3. The number of carbonyl (C=O) groups is 2. The molecule has 0 saturated carbocycles. The van der Waals surface area contributed by atoms with Crippen LogP contribution in [0.3, 0.4) is 0 Å². The lowest BCUT2D eigenvalue weighted by Gasteiger charge is -2.21. The fourth-order valence-corrected chi connectivity index (χ4v) is 2.54. The summed E-state index contributed by atoms with van der Waals surface area (Å²) in [6, 6.07) is 4.16. The van der Waals surface area contributed by atoms with Crippen LogP contribution in [0, 0.1) is 6.92 Å². The molecule has 1 aromatic rings.